The van der Waals surface area contributed by atoms with Crippen LogP contribution >= 0.6 is 0 Å². The Bertz CT molecular complexity index is 426. The van der Waals surface area contributed by atoms with E-state index in [9.17, 15) is 19.5 Å². The lowest BCUT2D eigenvalue weighted by atomic mass is 9.71. The van der Waals surface area contributed by atoms with Crippen molar-refractivity contribution in [2.75, 3.05) is 0 Å². The number of carboxylic acids is 1. The molecule has 4 unspecified atom stereocenters. The Morgan fingerprint density at radius 2 is 1.89 bits per heavy atom. The first kappa shape index (κ1) is 11.7. The van der Waals surface area contributed by atoms with Crippen LogP contribution in [0.15, 0.2) is 0 Å². The summed E-state index contributed by atoms with van der Waals surface area (Å²) in [6.07, 6.45) is 3.58. The Hall–Kier alpha value is -1.39. The van der Waals surface area contributed by atoms with Crippen molar-refractivity contribution in [3.05, 3.63) is 0 Å². The molecule has 2 amide bonds. The van der Waals surface area contributed by atoms with Gasteiger partial charge in [-0.15, -0.1) is 0 Å². The number of carboxylic acid groups (broad SMARTS) is 1. The van der Waals surface area contributed by atoms with Crippen molar-refractivity contribution >= 4 is 17.8 Å². The number of carbonyl (C=O) groups excluding carboxylic acids is 2. The summed E-state index contributed by atoms with van der Waals surface area (Å²) < 4.78 is 0. The smallest absolute Gasteiger partial charge is 0.311 e. The van der Waals surface area contributed by atoms with E-state index in [4.69, 9.17) is 0 Å². The Labute approximate surface area is 105 Å². The second-order valence-electron chi connectivity index (χ2n) is 5.98. The fourth-order valence-electron chi connectivity index (χ4n) is 3.49. The monoisotopic (exact) mass is 251 g/mol. The van der Waals surface area contributed by atoms with Crippen LogP contribution in [-0.2, 0) is 14.4 Å². The van der Waals surface area contributed by atoms with Crippen molar-refractivity contribution in [1.29, 1.82) is 0 Å². The predicted octanol–water partition coefficient (Wildman–Crippen LogP) is 1.02. The molecule has 18 heavy (non-hydrogen) atoms. The van der Waals surface area contributed by atoms with Gasteiger partial charge in [0, 0.05) is 0 Å². The predicted molar refractivity (Wildman–Crippen MR) is 61.4 cm³/mol. The summed E-state index contributed by atoms with van der Waals surface area (Å²) in [6, 6.07) is -0.448. The number of imide groups is 1. The summed E-state index contributed by atoms with van der Waals surface area (Å²) in [4.78, 5) is 36.9. The van der Waals surface area contributed by atoms with Gasteiger partial charge < -0.3 is 5.11 Å². The van der Waals surface area contributed by atoms with Gasteiger partial charge in [-0.2, -0.15) is 0 Å². The zero-order valence-electron chi connectivity index (χ0n) is 10.4. The zero-order chi connectivity index (χ0) is 13.1. The molecule has 0 aromatic heterocycles. The molecule has 4 atom stereocenters. The number of amides is 2. The molecule has 5 heteroatoms. The van der Waals surface area contributed by atoms with Gasteiger partial charge in [0.2, 0.25) is 11.8 Å². The third-order valence-corrected chi connectivity index (χ3v) is 4.86. The lowest BCUT2D eigenvalue weighted by Crippen LogP contribution is -2.55. The van der Waals surface area contributed by atoms with E-state index in [1.54, 1.807) is 6.92 Å². The number of carbonyl (C=O) groups is 3. The molecule has 0 aromatic carbocycles. The van der Waals surface area contributed by atoms with Crippen molar-refractivity contribution < 1.29 is 19.5 Å². The standard InChI is InChI=1S/C13H17NO4/c1-13(12(17)18)5-3-2-4-9(13)14-10(15)7-6-8(7)11(14)16/h7-9H,2-6H2,1H3,(H,17,18). The average molecular weight is 251 g/mol. The van der Waals surface area contributed by atoms with Crippen LogP contribution in [0.2, 0.25) is 0 Å². The van der Waals surface area contributed by atoms with E-state index >= 15 is 0 Å². The number of nitrogens with zero attached hydrogens (tertiary/aromatic N) is 1. The van der Waals surface area contributed by atoms with Crippen LogP contribution in [0.5, 0.6) is 0 Å². The van der Waals surface area contributed by atoms with Gasteiger partial charge in [0.05, 0.1) is 23.3 Å². The Balaban J connectivity index is 1.92. The van der Waals surface area contributed by atoms with Crippen molar-refractivity contribution in [3.8, 4) is 0 Å². The second-order valence-corrected chi connectivity index (χ2v) is 5.98. The number of hydrogen-bond acceptors (Lipinski definition) is 3. The number of aliphatic carboxylic acids is 1. The third-order valence-electron chi connectivity index (χ3n) is 4.86. The molecule has 3 aliphatic rings. The average Bonchev–Trinajstić information content (AvgIpc) is 3.07. The molecular weight excluding hydrogens is 234 g/mol. The van der Waals surface area contributed by atoms with Crippen LogP contribution < -0.4 is 0 Å². The van der Waals surface area contributed by atoms with Gasteiger partial charge in [-0.05, 0) is 26.2 Å². The molecule has 1 saturated heterocycles. The van der Waals surface area contributed by atoms with Crippen molar-refractivity contribution in [2.45, 2.75) is 45.1 Å². The molecule has 3 fully saturated rings. The highest BCUT2D eigenvalue weighted by Gasteiger charge is 2.63. The van der Waals surface area contributed by atoms with Gasteiger partial charge in [0.15, 0.2) is 0 Å². The van der Waals surface area contributed by atoms with E-state index in [-0.39, 0.29) is 23.7 Å². The van der Waals surface area contributed by atoms with E-state index in [2.05, 4.69) is 0 Å². The van der Waals surface area contributed by atoms with E-state index in [0.717, 1.165) is 12.8 Å². The molecule has 2 aliphatic carbocycles. The van der Waals surface area contributed by atoms with Gasteiger partial charge >= 0.3 is 5.97 Å². The molecule has 0 aromatic rings. The zero-order valence-corrected chi connectivity index (χ0v) is 10.4. The maximum absolute atomic E-state index is 12.1. The van der Waals surface area contributed by atoms with E-state index in [1.165, 1.54) is 4.90 Å². The maximum atomic E-state index is 12.1. The largest absolute Gasteiger partial charge is 0.481 e. The minimum Gasteiger partial charge on any atom is -0.481 e. The second kappa shape index (κ2) is 3.56. The van der Waals surface area contributed by atoms with Gasteiger partial charge in [-0.1, -0.05) is 12.8 Å². The van der Waals surface area contributed by atoms with Gasteiger partial charge in [-0.25, -0.2) is 0 Å². The number of piperidine rings is 1. The molecule has 0 bridgehead atoms. The van der Waals surface area contributed by atoms with Crippen LogP contribution in [0, 0.1) is 17.3 Å². The number of hydrogen-bond donors (Lipinski definition) is 1. The molecule has 5 nitrogen and oxygen atoms in total. The van der Waals surface area contributed by atoms with Crippen molar-refractivity contribution in [2.24, 2.45) is 17.3 Å². The van der Waals surface area contributed by atoms with Crippen LogP contribution in [-0.4, -0.2) is 33.8 Å². The summed E-state index contributed by atoms with van der Waals surface area (Å²) >= 11 is 0. The summed E-state index contributed by atoms with van der Waals surface area (Å²) in [6.45, 7) is 1.67. The SMILES string of the molecule is CC1(C(=O)O)CCCCC1N1C(=O)C2CC2C1=O. The molecular formula is C13H17NO4. The van der Waals surface area contributed by atoms with Crippen LogP contribution in [0.3, 0.4) is 0 Å². The fourth-order valence-corrected chi connectivity index (χ4v) is 3.49. The van der Waals surface area contributed by atoms with Crippen LogP contribution in [0.1, 0.15) is 39.0 Å². The molecule has 2 saturated carbocycles. The number of rotatable bonds is 2. The number of fused-ring (bicyclic) bond motifs is 1. The minimum absolute atomic E-state index is 0.135. The fraction of sp³-hybridized carbons (Fsp3) is 0.769. The molecule has 1 aliphatic heterocycles. The molecule has 0 radical (unpaired) electrons. The molecule has 98 valence electrons. The van der Waals surface area contributed by atoms with Crippen LogP contribution in [0.4, 0.5) is 0 Å². The van der Waals surface area contributed by atoms with Crippen molar-refractivity contribution in [1.82, 2.24) is 4.90 Å². The maximum Gasteiger partial charge on any atom is 0.311 e. The first-order valence-corrected chi connectivity index (χ1v) is 6.57. The quantitative estimate of drug-likeness (QED) is 0.744. The molecule has 1 N–H and O–H groups in total. The van der Waals surface area contributed by atoms with Crippen molar-refractivity contribution in [3.63, 3.8) is 0 Å². The molecule has 1 heterocycles. The Morgan fingerprint density at radius 3 is 2.44 bits per heavy atom. The first-order valence-electron chi connectivity index (χ1n) is 6.57. The minimum atomic E-state index is -0.972. The van der Waals surface area contributed by atoms with E-state index < -0.39 is 17.4 Å². The molecule has 3 rings (SSSR count). The summed E-state index contributed by atoms with van der Waals surface area (Å²) in [5, 5.41) is 9.43. The normalized spacial score (nSPS) is 42.9. The number of likely N-dealkylation sites (tertiary alicyclic amines) is 1. The highest BCUT2D eigenvalue weighted by atomic mass is 16.4. The summed E-state index contributed by atoms with van der Waals surface area (Å²) in [5.74, 6) is -1.45. The summed E-state index contributed by atoms with van der Waals surface area (Å²) in [5.41, 5.74) is -0.972. The Morgan fingerprint density at radius 1 is 1.28 bits per heavy atom. The first-order chi connectivity index (χ1) is 8.47. The summed E-state index contributed by atoms with van der Waals surface area (Å²) in [7, 11) is 0. The van der Waals surface area contributed by atoms with Gasteiger partial charge in [0.1, 0.15) is 0 Å². The third kappa shape index (κ3) is 1.36. The lowest BCUT2D eigenvalue weighted by Gasteiger charge is -2.42. The lowest BCUT2D eigenvalue weighted by molar-refractivity contribution is -0.160. The Kier molecular flexibility index (Phi) is 2.31. The highest BCUT2D eigenvalue weighted by Crippen LogP contribution is 2.51. The highest BCUT2D eigenvalue weighted by molar-refractivity contribution is 6.09. The van der Waals surface area contributed by atoms with Gasteiger partial charge in [-0.3, -0.25) is 19.3 Å². The van der Waals surface area contributed by atoms with E-state index in [0.29, 0.717) is 19.3 Å². The topological polar surface area (TPSA) is 74.7 Å². The van der Waals surface area contributed by atoms with Crippen LogP contribution in [0.25, 0.3) is 0 Å². The van der Waals surface area contributed by atoms with E-state index in [1.807, 2.05) is 0 Å². The van der Waals surface area contributed by atoms with Gasteiger partial charge in [0.25, 0.3) is 0 Å². The molecule has 0 spiro atoms.